The Morgan fingerprint density at radius 3 is 2.56 bits per heavy atom. The molecule has 1 aromatic carbocycles. The predicted molar refractivity (Wildman–Crippen MR) is 131 cm³/mol. The van der Waals surface area contributed by atoms with Gasteiger partial charge in [0.05, 0.1) is 42.1 Å². The van der Waals surface area contributed by atoms with Crippen molar-refractivity contribution in [1.29, 1.82) is 0 Å². The molecule has 2 atom stereocenters. The summed E-state index contributed by atoms with van der Waals surface area (Å²) < 4.78 is 16.2. The van der Waals surface area contributed by atoms with E-state index in [2.05, 4.69) is 10.2 Å². The van der Waals surface area contributed by atoms with Gasteiger partial charge in [-0.15, -0.1) is 0 Å². The average Bonchev–Trinajstić information content (AvgIpc) is 2.85. The van der Waals surface area contributed by atoms with Crippen molar-refractivity contribution >= 4 is 29.3 Å². The number of halogens is 1. The molecule has 0 bridgehead atoms. The molecule has 34 heavy (non-hydrogen) atoms. The molecule has 0 unspecified atom stereocenters. The van der Waals surface area contributed by atoms with Crippen LogP contribution in [0, 0.1) is 5.92 Å². The van der Waals surface area contributed by atoms with Crippen molar-refractivity contribution in [3.8, 4) is 5.75 Å². The molecule has 0 spiro atoms. The zero-order chi connectivity index (χ0) is 24.7. The number of likely N-dealkylation sites (tertiary alicyclic amines) is 2. The number of methoxy groups -OCH3 is 2. The number of carbonyl (C=O) groups excluding carboxylic acids is 2. The molecule has 3 N–H and O–H groups in total. The Morgan fingerprint density at radius 2 is 1.91 bits per heavy atom. The second kappa shape index (κ2) is 12.5. The number of hydrogen-bond acceptors (Lipinski definition) is 7. The number of ether oxygens (including phenoxy) is 3. The fourth-order valence-corrected chi connectivity index (χ4v) is 4.90. The first kappa shape index (κ1) is 26.4. The monoisotopic (exact) mass is 496 g/mol. The van der Waals surface area contributed by atoms with E-state index in [1.165, 1.54) is 13.2 Å². The van der Waals surface area contributed by atoms with E-state index < -0.39 is 0 Å². The predicted octanol–water partition coefficient (Wildman–Crippen LogP) is 3.01. The van der Waals surface area contributed by atoms with E-state index in [0.29, 0.717) is 34.5 Å². The molecule has 0 aliphatic carbocycles. The molecule has 0 aromatic heterocycles. The molecule has 0 radical (unpaired) electrons. The number of carbonyl (C=O) groups is 2. The number of anilines is 1. The second-order valence-corrected chi connectivity index (χ2v) is 9.34. The van der Waals surface area contributed by atoms with Crippen molar-refractivity contribution in [3.63, 3.8) is 0 Å². The summed E-state index contributed by atoms with van der Waals surface area (Å²) in [7, 11) is 3.18. The summed E-state index contributed by atoms with van der Waals surface area (Å²) in [6.45, 7) is 6.38. The zero-order valence-corrected chi connectivity index (χ0v) is 21.1. The van der Waals surface area contributed by atoms with Crippen LogP contribution >= 0.6 is 11.6 Å². The Balaban J connectivity index is 1.48. The molecule has 2 amide bonds. The number of nitrogens with zero attached hydrogens (tertiary/aromatic N) is 2. The molecular weight excluding hydrogens is 460 g/mol. The Morgan fingerprint density at radius 1 is 1.18 bits per heavy atom. The molecule has 10 heteroatoms. The lowest BCUT2D eigenvalue weighted by atomic mass is 9.92. The van der Waals surface area contributed by atoms with Gasteiger partial charge in [-0.2, -0.15) is 0 Å². The molecule has 190 valence electrons. The van der Waals surface area contributed by atoms with Crippen LogP contribution in [0.15, 0.2) is 12.1 Å². The number of nitrogen functional groups attached to an aromatic ring is 1. The van der Waals surface area contributed by atoms with Gasteiger partial charge in [-0.3, -0.25) is 4.79 Å². The van der Waals surface area contributed by atoms with Gasteiger partial charge in [0.2, 0.25) is 0 Å². The maximum Gasteiger partial charge on any atom is 0.409 e. The van der Waals surface area contributed by atoms with Gasteiger partial charge < -0.3 is 35.1 Å². The van der Waals surface area contributed by atoms with E-state index >= 15 is 0 Å². The van der Waals surface area contributed by atoms with Gasteiger partial charge in [-0.05, 0) is 51.1 Å². The molecule has 3 rings (SSSR count). The lowest BCUT2D eigenvalue weighted by Gasteiger charge is -2.39. The van der Waals surface area contributed by atoms with E-state index in [9.17, 15) is 9.59 Å². The smallest absolute Gasteiger partial charge is 0.409 e. The van der Waals surface area contributed by atoms with E-state index in [-0.39, 0.29) is 24.1 Å². The van der Waals surface area contributed by atoms with Crippen LogP contribution in [-0.2, 0) is 9.47 Å². The lowest BCUT2D eigenvalue weighted by Crippen LogP contribution is -2.55. The number of rotatable bonds is 8. The van der Waals surface area contributed by atoms with Crippen molar-refractivity contribution in [1.82, 2.24) is 15.1 Å². The number of piperidine rings is 2. The highest BCUT2D eigenvalue weighted by molar-refractivity contribution is 6.33. The number of nitrogens with one attached hydrogen (secondary N) is 1. The molecule has 2 fully saturated rings. The van der Waals surface area contributed by atoms with Gasteiger partial charge in [0.1, 0.15) is 5.75 Å². The molecule has 0 saturated carbocycles. The van der Waals surface area contributed by atoms with Crippen molar-refractivity contribution < 1.29 is 23.8 Å². The van der Waals surface area contributed by atoms with Gasteiger partial charge in [0.25, 0.3) is 5.91 Å². The van der Waals surface area contributed by atoms with Crippen LogP contribution in [-0.4, -0.2) is 87.5 Å². The largest absolute Gasteiger partial charge is 0.496 e. The zero-order valence-electron chi connectivity index (χ0n) is 20.3. The summed E-state index contributed by atoms with van der Waals surface area (Å²) in [6, 6.07) is 2.99. The maximum absolute atomic E-state index is 13.0. The van der Waals surface area contributed by atoms with E-state index in [0.717, 1.165) is 58.4 Å². The third-order valence-electron chi connectivity index (χ3n) is 6.82. The average molecular weight is 497 g/mol. The second-order valence-electron chi connectivity index (χ2n) is 8.94. The highest BCUT2D eigenvalue weighted by Crippen LogP contribution is 2.29. The number of amides is 2. The third kappa shape index (κ3) is 6.67. The summed E-state index contributed by atoms with van der Waals surface area (Å²) in [5.41, 5.74) is 6.55. The third-order valence-corrected chi connectivity index (χ3v) is 7.15. The number of benzene rings is 1. The molecule has 2 saturated heterocycles. The lowest BCUT2D eigenvalue weighted by molar-refractivity contribution is 0.00406. The van der Waals surface area contributed by atoms with Crippen LogP contribution in [0.1, 0.15) is 43.0 Å². The van der Waals surface area contributed by atoms with Gasteiger partial charge in [0.15, 0.2) is 0 Å². The Bertz CT molecular complexity index is 847. The molecule has 2 heterocycles. The summed E-state index contributed by atoms with van der Waals surface area (Å²) in [4.78, 5) is 29.0. The quantitative estimate of drug-likeness (QED) is 0.533. The normalized spacial score (nSPS) is 21.8. The Kier molecular flexibility index (Phi) is 9.67. The van der Waals surface area contributed by atoms with E-state index in [1.54, 1.807) is 18.1 Å². The van der Waals surface area contributed by atoms with Gasteiger partial charge in [-0.25, -0.2) is 4.79 Å². The van der Waals surface area contributed by atoms with Crippen LogP contribution in [0.5, 0.6) is 5.75 Å². The van der Waals surface area contributed by atoms with Crippen molar-refractivity contribution in [2.45, 2.75) is 44.8 Å². The summed E-state index contributed by atoms with van der Waals surface area (Å²) in [5, 5.41) is 3.41. The van der Waals surface area contributed by atoms with Crippen LogP contribution in [0.4, 0.5) is 10.5 Å². The van der Waals surface area contributed by atoms with Crippen LogP contribution in [0.3, 0.4) is 0 Å². The van der Waals surface area contributed by atoms with Crippen LogP contribution in [0.2, 0.25) is 5.02 Å². The first-order valence-electron chi connectivity index (χ1n) is 12.0. The highest BCUT2D eigenvalue weighted by atomic mass is 35.5. The van der Waals surface area contributed by atoms with Crippen LogP contribution < -0.4 is 15.8 Å². The topological polar surface area (TPSA) is 106 Å². The summed E-state index contributed by atoms with van der Waals surface area (Å²) in [5.74, 6) is 0.735. The standard InChI is InChI=1S/C24H37ClN4O5/c1-4-34-24(31)29-11-6-16(7-12-29)5-9-28-10-8-20(22(15-28)33-3)27-23(30)17-13-18(25)19(26)14-21(17)32-2/h13-14,16,20,22H,4-12,15,26H2,1-3H3,(H,27,30)/t20-,22+/m1/s1. The van der Waals surface area contributed by atoms with E-state index in [4.69, 9.17) is 31.5 Å². The van der Waals surface area contributed by atoms with E-state index in [1.807, 2.05) is 6.92 Å². The molecule has 9 nitrogen and oxygen atoms in total. The molecule has 2 aliphatic heterocycles. The molecule has 2 aliphatic rings. The first-order valence-corrected chi connectivity index (χ1v) is 12.3. The van der Waals surface area contributed by atoms with Crippen LogP contribution in [0.25, 0.3) is 0 Å². The number of hydrogen-bond donors (Lipinski definition) is 2. The van der Waals surface area contributed by atoms with Gasteiger partial charge in [-0.1, -0.05) is 11.6 Å². The minimum absolute atomic E-state index is 0.109. The minimum atomic E-state index is -0.257. The van der Waals surface area contributed by atoms with Crippen molar-refractivity contribution in [3.05, 3.63) is 22.7 Å². The van der Waals surface area contributed by atoms with Gasteiger partial charge >= 0.3 is 6.09 Å². The first-order chi connectivity index (χ1) is 16.4. The molecular formula is C24H37ClN4O5. The summed E-state index contributed by atoms with van der Waals surface area (Å²) in [6.07, 6.45) is 3.57. The summed E-state index contributed by atoms with van der Waals surface area (Å²) >= 11 is 6.12. The van der Waals surface area contributed by atoms with Gasteiger partial charge in [0, 0.05) is 39.4 Å². The van der Waals surface area contributed by atoms with Crippen molar-refractivity contribution in [2.75, 3.05) is 59.3 Å². The Labute approximate surface area is 206 Å². The highest BCUT2D eigenvalue weighted by Gasteiger charge is 2.32. The van der Waals surface area contributed by atoms with Crippen molar-refractivity contribution in [2.24, 2.45) is 5.92 Å². The fourth-order valence-electron chi connectivity index (χ4n) is 4.73. The number of nitrogens with two attached hydrogens (primary N) is 1. The maximum atomic E-state index is 13.0. The minimum Gasteiger partial charge on any atom is -0.496 e. The molecule has 1 aromatic rings. The Hall–Kier alpha value is -2.23. The SMILES string of the molecule is CCOC(=O)N1CCC(CCN2CC[C@@H](NC(=O)c3cc(Cl)c(N)cc3OC)[C@@H](OC)C2)CC1. The fraction of sp³-hybridized carbons (Fsp3) is 0.667.